The topological polar surface area (TPSA) is 49.9 Å². The van der Waals surface area contributed by atoms with Gasteiger partial charge in [-0.3, -0.25) is 9.69 Å². The zero-order valence-electron chi connectivity index (χ0n) is 19.0. The number of rotatable bonds is 7. The van der Waals surface area contributed by atoms with Gasteiger partial charge in [0.2, 0.25) is 0 Å². The molecule has 32 heavy (non-hydrogen) atoms. The first-order chi connectivity index (χ1) is 15.0. The van der Waals surface area contributed by atoms with E-state index in [4.69, 9.17) is 4.74 Å². The highest BCUT2D eigenvalue weighted by molar-refractivity contribution is 5.95. The fourth-order valence-corrected chi connectivity index (χ4v) is 5.08. The summed E-state index contributed by atoms with van der Waals surface area (Å²) in [5, 5.41) is 0. The van der Waals surface area contributed by atoms with Crippen molar-refractivity contribution in [2.75, 3.05) is 27.2 Å². The number of amides is 1. The molecule has 4 rings (SSSR count). The maximum absolute atomic E-state index is 12.3. The minimum absolute atomic E-state index is 0. The van der Waals surface area contributed by atoms with Gasteiger partial charge in [0.1, 0.15) is 5.75 Å². The van der Waals surface area contributed by atoms with Crippen LogP contribution in [0.25, 0.3) is 0 Å². The van der Waals surface area contributed by atoms with Crippen LogP contribution in [-0.4, -0.2) is 54.9 Å². The first kappa shape index (κ1) is 24.3. The highest BCUT2D eigenvalue weighted by atomic mass is 35.5. The number of nitrogens with zero attached hydrogens (tertiary/aromatic N) is 2. The molecule has 0 radical (unpaired) electrons. The van der Waals surface area contributed by atoms with Gasteiger partial charge in [-0.25, -0.2) is 4.79 Å². The van der Waals surface area contributed by atoms with Gasteiger partial charge in [0.15, 0.2) is 5.78 Å². The second-order valence-corrected chi connectivity index (χ2v) is 8.87. The number of benzene rings is 2. The van der Waals surface area contributed by atoms with Gasteiger partial charge in [-0.05, 0) is 62.4 Å². The Kier molecular flexibility index (Phi) is 8.32. The lowest BCUT2D eigenvalue weighted by Gasteiger charge is -2.34. The standard InChI is InChI=1S/C26H32N2O3.ClH/c1-27(2)26(30)31-25-13-8-11-20-21-16-18-28(23(21)15-14-22(20)25)17-7-6-12-24(29)19-9-4-3-5-10-19;/h3-5,8-11,13,21,23H,6-7,12,14-18H2,1-2H3;1H/t21-,23+;/m0./s1. The number of ketones is 1. The van der Waals surface area contributed by atoms with Gasteiger partial charge in [-0.1, -0.05) is 42.5 Å². The van der Waals surface area contributed by atoms with Crippen molar-refractivity contribution in [1.29, 1.82) is 0 Å². The Morgan fingerprint density at radius 1 is 1.03 bits per heavy atom. The molecule has 2 aliphatic rings. The van der Waals surface area contributed by atoms with Crippen molar-refractivity contribution in [3.8, 4) is 5.75 Å². The van der Waals surface area contributed by atoms with E-state index in [1.165, 1.54) is 16.0 Å². The van der Waals surface area contributed by atoms with Crippen molar-refractivity contribution >= 4 is 24.3 Å². The number of carbonyl (C=O) groups excluding carboxylic acids is 2. The summed E-state index contributed by atoms with van der Waals surface area (Å²) < 4.78 is 5.63. The molecule has 0 unspecified atom stereocenters. The summed E-state index contributed by atoms with van der Waals surface area (Å²) in [5.41, 5.74) is 3.37. The van der Waals surface area contributed by atoms with E-state index in [-0.39, 0.29) is 24.3 Å². The average Bonchev–Trinajstić information content (AvgIpc) is 3.20. The lowest BCUT2D eigenvalue weighted by atomic mass is 9.79. The fourth-order valence-electron chi connectivity index (χ4n) is 5.08. The Balaban J connectivity index is 0.00000289. The van der Waals surface area contributed by atoms with Gasteiger partial charge in [0.05, 0.1) is 0 Å². The van der Waals surface area contributed by atoms with Crippen LogP contribution in [0.3, 0.4) is 0 Å². The second-order valence-electron chi connectivity index (χ2n) is 8.87. The largest absolute Gasteiger partial charge is 0.414 e. The van der Waals surface area contributed by atoms with E-state index in [9.17, 15) is 9.59 Å². The third kappa shape index (κ3) is 5.33. The van der Waals surface area contributed by atoms with Gasteiger partial charge in [-0.15, -0.1) is 12.4 Å². The van der Waals surface area contributed by atoms with Gasteiger partial charge in [0, 0.05) is 38.0 Å². The van der Waals surface area contributed by atoms with Crippen molar-refractivity contribution in [3.05, 3.63) is 65.2 Å². The molecule has 6 heteroatoms. The number of hydrogen-bond donors (Lipinski definition) is 0. The van der Waals surface area contributed by atoms with Crippen molar-refractivity contribution in [3.63, 3.8) is 0 Å². The lowest BCUT2D eigenvalue weighted by molar-refractivity contribution is 0.0977. The summed E-state index contributed by atoms with van der Waals surface area (Å²) >= 11 is 0. The number of ether oxygens (including phenoxy) is 1. The van der Waals surface area contributed by atoms with Crippen LogP contribution in [-0.2, 0) is 6.42 Å². The summed E-state index contributed by atoms with van der Waals surface area (Å²) in [5.74, 6) is 1.46. The highest BCUT2D eigenvalue weighted by Gasteiger charge is 2.39. The highest BCUT2D eigenvalue weighted by Crippen LogP contribution is 2.44. The Morgan fingerprint density at radius 3 is 2.56 bits per heavy atom. The van der Waals surface area contributed by atoms with Crippen LogP contribution in [0.1, 0.15) is 59.5 Å². The molecule has 1 aliphatic carbocycles. The smallest absolute Gasteiger partial charge is 0.410 e. The molecule has 2 atom stereocenters. The van der Waals surface area contributed by atoms with Gasteiger partial charge in [-0.2, -0.15) is 0 Å². The monoisotopic (exact) mass is 456 g/mol. The molecule has 5 nitrogen and oxygen atoms in total. The lowest BCUT2D eigenvalue weighted by Crippen LogP contribution is -2.36. The maximum atomic E-state index is 12.3. The minimum Gasteiger partial charge on any atom is -0.410 e. The fraction of sp³-hybridized carbons (Fsp3) is 0.462. The third-order valence-corrected chi connectivity index (χ3v) is 6.68. The molecule has 1 fully saturated rings. The SMILES string of the molecule is CN(C)C(=O)Oc1cccc2c1CC[C@@H]1[C@H]2CCN1CCCCC(=O)c1ccccc1.Cl. The van der Waals surface area contributed by atoms with Crippen molar-refractivity contribution in [2.24, 2.45) is 0 Å². The summed E-state index contributed by atoms with van der Waals surface area (Å²) in [6.07, 6.45) is 5.46. The van der Waals surface area contributed by atoms with Crippen LogP contribution in [0.4, 0.5) is 4.79 Å². The average molecular weight is 457 g/mol. The molecular weight excluding hydrogens is 424 g/mol. The first-order valence-corrected chi connectivity index (χ1v) is 11.4. The van der Waals surface area contributed by atoms with Crippen molar-refractivity contribution in [2.45, 2.75) is 50.5 Å². The second kappa shape index (κ2) is 11.0. The van der Waals surface area contributed by atoms with E-state index in [0.717, 1.165) is 50.8 Å². The first-order valence-electron chi connectivity index (χ1n) is 11.4. The Morgan fingerprint density at radius 2 is 1.81 bits per heavy atom. The van der Waals surface area contributed by atoms with Crippen molar-refractivity contribution in [1.82, 2.24) is 9.80 Å². The van der Waals surface area contributed by atoms with Crippen LogP contribution in [0, 0.1) is 0 Å². The molecule has 0 bridgehead atoms. The molecule has 1 aliphatic heterocycles. The van der Waals surface area contributed by atoms with E-state index in [0.29, 0.717) is 24.1 Å². The van der Waals surface area contributed by atoms with Gasteiger partial charge >= 0.3 is 6.09 Å². The number of halogens is 1. The van der Waals surface area contributed by atoms with E-state index >= 15 is 0 Å². The number of likely N-dealkylation sites (tertiary alicyclic amines) is 1. The normalized spacial score (nSPS) is 19.4. The summed E-state index contributed by atoms with van der Waals surface area (Å²) in [6.45, 7) is 2.15. The molecule has 0 saturated carbocycles. The molecule has 0 N–H and O–H groups in total. The number of Topliss-reactive ketones (excluding diaryl/α,β-unsaturated/α-hetero) is 1. The van der Waals surface area contributed by atoms with Gasteiger partial charge in [0.25, 0.3) is 0 Å². The quantitative estimate of drug-likeness (QED) is 0.417. The number of hydrogen-bond acceptors (Lipinski definition) is 4. The summed E-state index contributed by atoms with van der Waals surface area (Å²) in [4.78, 5) is 28.4. The molecule has 2 aromatic rings. The number of carbonyl (C=O) groups is 2. The number of unbranched alkanes of at least 4 members (excludes halogenated alkanes) is 1. The molecule has 2 aromatic carbocycles. The van der Waals surface area contributed by atoms with Crippen LogP contribution >= 0.6 is 12.4 Å². The predicted molar refractivity (Wildman–Crippen MR) is 129 cm³/mol. The van der Waals surface area contributed by atoms with E-state index in [1.807, 2.05) is 42.5 Å². The summed E-state index contributed by atoms with van der Waals surface area (Å²) in [7, 11) is 3.41. The zero-order chi connectivity index (χ0) is 21.8. The number of fused-ring (bicyclic) bond motifs is 3. The molecular formula is C26H33ClN2O3. The molecule has 0 aromatic heterocycles. The van der Waals surface area contributed by atoms with Crippen LogP contribution < -0.4 is 4.74 Å². The molecule has 1 saturated heterocycles. The van der Waals surface area contributed by atoms with Crippen LogP contribution in [0.15, 0.2) is 48.5 Å². The Labute approximate surface area is 197 Å². The van der Waals surface area contributed by atoms with E-state index in [1.54, 1.807) is 14.1 Å². The Hall–Kier alpha value is -2.37. The van der Waals surface area contributed by atoms with Crippen LogP contribution in [0.2, 0.25) is 0 Å². The Bertz CT molecular complexity index is 932. The predicted octanol–water partition coefficient (Wildman–Crippen LogP) is 5.33. The molecule has 0 spiro atoms. The van der Waals surface area contributed by atoms with Crippen molar-refractivity contribution < 1.29 is 14.3 Å². The molecule has 172 valence electrons. The molecule has 1 heterocycles. The van der Waals surface area contributed by atoms with Crippen LogP contribution in [0.5, 0.6) is 5.75 Å². The third-order valence-electron chi connectivity index (χ3n) is 6.68. The van der Waals surface area contributed by atoms with E-state index in [2.05, 4.69) is 11.0 Å². The van der Waals surface area contributed by atoms with E-state index < -0.39 is 0 Å². The summed E-state index contributed by atoms with van der Waals surface area (Å²) in [6, 6.07) is 16.3. The molecule has 1 amide bonds. The minimum atomic E-state index is -0.325. The maximum Gasteiger partial charge on any atom is 0.414 e. The zero-order valence-corrected chi connectivity index (χ0v) is 19.8. The van der Waals surface area contributed by atoms with Gasteiger partial charge < -0.3 is 9.64 Å².